The maximum absolute atomic E-state index is 12.5. The van der Waals surface area contributed by atoms with Crippen molar-refractivity contribution < 1.29 is 14.7 Å². The Morgan fingerprint density at radius 1 is 1.23 bits per heavy atom. The first kappa shape index (κ1) is 15.6. The zero-order valence-electron chi connectivity index (χ0n) is 11.5. The van der Waals surface area contributed by atoms with E-state index in [-0.39, 0.29) is 0 Å². The molecular formula is C15H13Cl2NO3S. The van der Waals surface area contributed by atoms with Crippen LogP contribution in [0, 0.1) is 0 Å². The number of hydrogen-bond donors (Lipinski definition) is 2. The van der Waals surface area contributed by atoms with Crippen molar-refractivity contribution in [1.29, 1.82) is 0 Å². The number of carboxylic acid groups (broad SMARTS) is 1. The van der Waals surface area contributed by atoms with Gasteiger partial charge in [-0.15, -0.1) is 11.3 Å². The van der Waals surface area contributed by atoms with E-state index in [1.54, 1.807) is 18.2 Å². The number of aliphatic carboxylic acids is 1. The monoisotopic (exact) mass is 357 g/mol. The molecule has 1 amide bonds. The summed E-state index contributed by atoms with van der Waals surface area (Å²) in [4.78, 5) is 24.4. The molecule has 1 heterocycles. The van der Waals surface area contributed by atoms with Crippen molar-refractivity contribution in [2.24, 2.45) is 0 Å². The smallest absolute Gasteiger partial charge is 0.329 e. The molecule has 2 N–H and O–H groups in total. The second-order valence-corrected chi connectivity index (χ2v) is 7.30. The fourth-order valence-corrected chi connectivity index (χ4v) is 4.52. The number of fused-ring (bicyclic) bond motifs is 1. The van der Waals surface area contributed by atoms with Crippen molar-refractivity contribution in [2.45, 2.75) is 31.2 Å². The summed E-state index contributed by atoms with van der Waals surface area (Å²) in [7, 11) is 0. The quantitative estimate of drug-likeness (QED) is 0.858. The number of carboxylic acids is 1. The maximum Gasteiger partial charge on any atom is 0.329 e. The fraction of sp³-hybridized carbons (Fsp3) is 0.333. The molecule has 22 heavy (non-hydrogen) atoms. The van der Waals surface area contributed by atoms with Crippen LogP contribution in [0.15, 0.2) is 18.2 Å². The topological polar surface area (TPSA) is 66.4 Å². The molecule has 0 spiro atoms. The summed E-state index contributed by atoms with van der Waals surface area (Å²) in [5, 5.41) is 13.8. The van der Waals surface area contributed by atoms with E-state index in [0.717, 1.165) is 22.9 Å². The van der Waals surface area contributed by atoms with Crippen molar-refractivity contribution in [3.8, 4) is 0 Å². The Morgan fingerprint density at radius 2 is 1.91 bits per heavy atom. The Labute approximate surface area is 141 Å². The lowest BCUT2D eigenvalue weighted by molar-refractivity contribution is -0.144. The van der Waals surface area contributed by atoms with Gasteiger partial charge in [0.05, 0.1) is 5.02 Å². The van der Waals surface area contributed by atoms with E-state index in [0.29, 0.717) is 27.8 Å². The van der Waals surface area contributed by atoms with Gasteiger partial charge in [-0.05, 0) is 25.0 Å². The molecule has 1 fully saturated rings. The third-order valence-corrected chi connectivity index (χ3v) is 5.91. The first-order valence-corrected chi connectivity index (χ1v) is 8.44. The Morgan fingerprint density at radius 3 is 2.55 bits per heavy atom. The van der Waals surface area contributed by atoms with Crippen LogP contribution in [0.2, 0.25) is 10.0 Å². The van der Waals surface area contributed by atoms with Crippen molar-refractivity contribution >= 4 is 56.5 Å². The van der Waals surface area contributed by atoms with Crippen LogP contribution in [0.25, 0.3) is 10.1 Å². The molecule has 1 saturated carbocycles. The van der Waals surface area contributed by atoms with Crippen LogP contribution in [-0.2, 0) is 4.79 Å². The van der Waals surface area contributed by atoms with E-state index in [9.17, 15) is 14.7 Å². The summed E-state index contributed by atoms with van der Waals surface area (Å²) in [6.45, 7) is 0. The van der Waals surface area contributed by atoms with E-state index in [1.165, 1.54) is 11.3 Å². The van der Waals surface area contributed by atoms with Crippen LogP contribution in [0.5, 0.6) is 0 Å². The van der Waals surface area contributed by atoms with E-state index < -0.39 is 17.4 Å². The molecule has 0 aliphatic heterocycles. The van der Waals surface area contributed by atoms with Gasteiger partial charge in [-0.2, -0.15) is 0 Å². The average Bonchev–Trinajstić information content (AvgIpc) is 3.05. The number of carbonyl (C=O) groups excluding carboxylic acids is 1. The van der Waals surface area contributed by atoms with Crippen LogP contribution in [0.1, 0.15) is 35.4 Å². The van der Waals surface area contributed by atoms with Crippen molar-refractivity contribution in [3.05, 3.63) is 33.1 Å². The minimum absolute atomic E-state index is 0.325. The van der Waals surface area contributed by atoms with E-state index >= 15 is 0 Å². The van der Waals surface area contributed by atoms with Gasteiger partial charge in [-0.25, -0.2) is 4.79 Å². The Balaban J connectivity index is 1.95. The molecule has 0 saturated heterocycles. The van der Waals surface area contributed by atoms with Gasteiger partial charge in [0.2, 0.25) is 0 Å². The normalized spacial score (nSPS) is 16.8. The summed E-state index contributed by atoms with van der Waals surface area (Å²) in [6.07, 6.45) is 2.48. The predicted molar refractivity (Wildman–Crippen MR) is 88.1 cm³/mol. The molecule has 1 aromatic carbocycles. The van der Waals surface area contributed by atoms with Crippen molar-refractivity contribution in [2.75, 3.05) is 0 Å². The zero-order valence-corrected chi connectivity index (χ0v) is 13.8. The van der Waals surface area contributed by atoms with E-state index in [1.807, 2.05) is 0 Å². The lowest BCUT2D eigenvalue weighted by Crippen LogP contribution is -2.52. The first-order chi connectivity index (χ1) is 10.4. The number of thiophene rings is 1. The third kappa shape index (κ3) is 2.57. The standard InChI is InChI=1S/C15H13Cl2NO3S/c16-8-3-4-9-10(7-8)22-12(11(9)17)13(19)18-15(14(20)21)5-1-2-6-15/h3-4,7H,1-2,5-6H2,(H,18,19)(H,20,21). The summed E-state index contributed by atoms with van der Waals surface area (Å²) in [5.41, 5.74) is -1.17. The molecule has 2 aromatic rings. The van der Waals surface area contributed by atoms with Crippen LogP contribution in [0.4, 0.5) is 0 Å². The highest BCUT2D eigenvalue weighted by Crippen LogP contribution is 2.38. The summed E-state index contributed by atoms with van der Waals surface area (Å²) >= 11 is 13.4. The highest BCUT2D eigenvalue weighted by molar-refractivity contribution is 7.21. The third-order valence-electron chi connectivity index (χ3n) is 4.02. The number of carbonyl (C=O) groups is 2. The van der Waals surface area contributed by atoms with Gasteiger partial charge in [0.15, 0.2) is 0 Å². The number of nitrogens with one attached hydrogen (secondary N) is 1. The minimum Gasteiger partial charge on any atom is -0.480 e. The van der Waals surface area contributed by atoms with E-state index in [2.05, 4.69) is 5.32 Å². The lowest BCUT2D eigenvalue weighted by Gasteiger charge is -2.25. The molecule has 1 aromatic heterocycles. The van der Waals surface area contributed by atoms with Crippen molar-refractivity contribution in [3.63, 3.8) is 0 Å². The maximum atomic E-state index is 12.5. The van der Waals surface area contributed by atoms with Gasteiger partial charge in [-0.3, -0.25) is 4.79 Å². The molecule has 0 atom stereocenters. The van der Waals surface area contributed by atoms with Gasteiger partial charge >= 0.3 is 5.97 Å². The number of halogens is 2. The second-order valence-electron chi connectivity index (χ2n) is 5.43. The Kier molecular flexibility index (Phi) is 4.05. The van der Waals surface area contributed by atoms with Crippen molar-refractivity contribution in [1.82, 2.24) is 5.32 Å². The van der Waals surface area contributed by atoms with Gasteiger partial charge in [-0.1, -0.05) is 42.1 Å². The number of hydrogen-bond acceptors (Lipinski definition) is 3. The number of amides is 1. The summed E-state index contributed by atoms with van der Waals surface area (Å²) < 4.78 is 0.804. The lowest BCUT2D eigenvalue weighted by atomic mass is 9.98. The summed E-state index contributed by atoms with van der Waals surface area (Å²) in [6, 6.07) is 5.21. The van der Waals surface area contributed by atoms with Gasteiger partial charge in [0, 0.05) is 15.1 Å². The van der Waals surface area contributed by atoms with Gasteiger partial charge in [0.1, 0.15) is 10.4 Å². The molecule has 116 valence electrons. The Hall–Kier alpha value is -1.30. The molecule has 1 aliphatic rings. The highest BCUT2D eigenvalue weighted by atomic mass is 35.5. The first-order valence-electron chi connectivity index (χ1n) is 6.86. The molecular weight excluding hydrogens is 345 g/mol. The molecule has 7 heteroatoms. The predicted octanol–water partition coefficient (Wildman–Crippen LogP) is 4.34. The molecule has 1 aliphatic carbocycles. The van der Waals surface area contributed by atoms with Crippen LogP contribution in [0.3, 0.4) is 0 Å². The van der Waals surface area contributed by atoms with Gasteiger partial charge < -0.3 is 10.4 Å². The fourth-order valence-electron chi connectivity index (χ4n) is 2.83. The molecule has 3 rings (SSSR count). The number of rotatable bonds is 3. The number of benzene rings is 1. The van der Waals surface area contributed by atoms with Gasteiger partial charge in [0.25, 0.3) is 5.91 Å². The average molecular weight is 358 g/mol. The Bertz CT molecular complexity index is 765. The van der Waals surface area contributed by atoms with E-state index in [4.69, 9.17) is 23.2 Å². The zero-order chi connectivity index (χ0) is 15.9. The van der Waals surface area contributed by atoms with Crippen LogP contribution in [-0.4, -0.2) is 22.5 Å². The highest BCUT2D eigenvalue weighted by Gasteiger charge is 2.43. The molecule has 0 radical (unpaired) electrons. The minimum atomic E-state index is -1.17. The largest absolute Gasteiger partial charge is 0.480 e. The SMILES string of the molecule is O=C(NC1(C(=O)O)CCCC1)c1sc2cc(Cl)ccc2c1Cl. The van der Waals surface area contributed by atoms with Crippen LogP contribution >= 0.6 is 34.5 Å². The molecule has 4 nitrogen and oxygen atoms in total. The van der Waals surface area contributed by atoms with Crippen LogP contribution < -0.4 is 5.32 Å². The summed E-state index contributed by atoms with van der Waals surface area (Å²) in [5.74, 6) is -1.43. The molecule has 0 unspecified atom stereocenters. The second kappa shape index (κ2) is 5.72. The molecule has 0 bridgehead atoms.